The van der Waals surface area contributed by atoms with E-state index in [0.29, 0.717) is 11.3 Å². The van der Waals surface area contributed by atoms with Gasteiger partial charge in [0.25, 0.3) is 5.69 Å². The summed E-state index contributed by atoms with van der Waals surface area (Å²) in [6, 6.07) is 11.8. The van der Waals surface area contributed by atoms with E-state index in [1.165, 1.54) is 12.1 Å². The van der Waals surface area contributed by atoms with Gasteiger partial charge in [-0.1, -0.05) is 24.3 Å². The van der Waals surface area contributed by atoms with Crippen molar-refractivity contribution in [2.75, 3.05) is 7.11 Å². The number of hydrogen-bond donors (Lipinski definition) is 1. The Balaban J connectivity index is 2.47. The number of para-hydroxylation sites is 1. The van der Waals surface area contributed by atoms with Crippen LogP contribution in [0.2, 0.25) is 0 Å². The number of nitro benzene ring substituents is 1. The van der Waals surface area contributed by atoms with Crippen LogP contribution < -0.4 is 10.5 Å². The molecule has 0 aromatic heterocycles. The average molecular weight is 272 g/mol. The molecule has 0 fully saturated rings. The molecule has 1 atom stereocenters. The minimum atomic E-state index is -0.468. The number of nitrogens with zero attached hydrogens (tertiary/aromatic N) is 1. The summed E-state index contributed by atoms with van der Waals surface area (Å²) in [6.45, 7) is 1.81. The zero-order chi connectivity index (χ0) is 14.7. The summed E-state index contributed by atoms with van der Waals surface area (Å²) in [6.07, 6.45) is 0. The molecule has 0 aliphatic rings. The molecule has 20 heavy (non-hydrogen) atoms. The van der Waals surface area contributed by atoms with Gasteiger partial charge >= 0.3 is 0 Å². The lowest BCUT2D eigenvalue weighted by Crippen LogP contribution is -2.13. The topological polar surface area (TPSA) is 78.4 Å². The Hall–Kier alpha value is -2.40. The van der Waals surface area contributed by atoms with E-state index >= 15 is 0 Å². The average Bonchev–Trinajstić information content (AvgIpc) is 2.45. The van der Waals surface area contributed by atoms with Gasteiger partial charge in [0.2, 0.25) is 0 Å². The van der Waals surface area contributed by atoms with Crippen molar-refractivity contribution in [1.82, 2.24) is 0 Å². The maximum atomic E-state index is 10.9. The summed E-state index contributed by atoms with van der Waals surface area (Å²) in [7, 11) is 1.57. The monoisotopic (exact) mass is 272 g/mol. The molecule has 0 saturated heterocycles. The Morgan fingerprint density at radius 1 is 1.25 bits per heavy atom. The molecule has 0 radical (unpaired) electrons. The number of ether oxygens (including phenoxy) is 1. The van der Waals surface area contributed by atoms with E-state index in [0.717, 1.165) is 11.1 Å². The molecule has 1 unspecified atom stereocenters. The van der Waals surface area contributed by atoms with Gasteiger partial charge in [-0.05, 0) is 24.1 Å². The molecule has 2 aromatic carbocycles. The molecule has 0 amide bonds. The van der Waals surface area contributed by atoms with E-state index < -0.39 is 11.0 Å². The number of non-ortho nitro benzene ring substituents is 1. The second-order valence-corrected chi connectivity index (χ2v) is 4.58. The molecule has 0 heterocycles. The number of aryl methyl sites for hydroxylation is 1. The van der Waals surface area contributed by atoms with Crippen LogP contribution in [0.15, 0.2) is 42.5 Å². The van der Waals surface area contributed by atoms with Crippen molar-refractivity contribution in [3.05, 3.63) is 69.3 Å². The summed E-state index contributed by atoms with van der Waals surface area (Å²) >= 11 is 0. The number of hydrogen-bond acceptors (Lipinski definition) is 4. The maximum Gasteiger partial charge on any atom is 0.270 e. The minimum Gasteiger partial charge on any atom is -0.496 e. The first-order valence-corrected chi connectivity index (χ1v) is 6.17. The predicted molar refractivity (Wildman–Crippen MR) is 76.9 cm³/mol. The van der Waals surface area contributed by atoms with Crippen molar-refractivity contribution in [3.63, 3.8) is 0 Å². The number of nitrogens with two attached hydrogens (primary N) is 1. The standard InChI is InChI=1S/C15H16N2O3/c1-10-7-11(9-12(8-10)17(18)19)15(16)13-5-3-4-6-14(13)20-2/h3-9,15H,16H2,1-2H3. The summed E-state index contributed by atoms with van der Waals surface area (Å²) in [5, 5.41) is 10.9. The van der Waals surface area contributed by atoms with Crippen LogP contribution in [-0.4, -0.2) is 12.0 Å². The van der Waals surface area contributed by atoms with Crippen LogP contribution in [0.25, 0.3) is 0 Å². The van der Waals surface area contributed by atoms with Crippen LogP contribution in [0.5, 0.6) is 5.75 Å². The molecule has 2 rings (SSSR count). The van der Waals surface area contributed by atoms with Gasteiger partial charge in [-0.25, -0.2) is 0 Å². The summed E-state index contributed by atoms with van der Waals surface area (Å²) < 4.78 is 5.28. The third-order valence-corrected chi connectivity index (χ3v) is 3.13. The smallest absolute Gasteiger partial charge is 0.270 e. The summed E-state index contributed by atoms with van der Waals surface area (Å²) in [4.78, 5) is 10.5. The van der Waals surface area contributed by atoms with Gasteiger partial charge in [-0.15, -0.1) is 0 Å². The second-order valence-electron chi connectivity index (χ2n) is 4.58. The van der Waals surface area contributed by atoms with Crippen LogP contribution in [0, 0.1) is 17.0 Å². The number of benzene rings is 2. The van der Waals surface area contributed by atoms with Crippen LogP contribution in [-0.2, 0) is 0 Å². The fourth-order valence-corrected chi connectivity index (χ4v) is 2.18. The van der Waals surface area contributed by atoms with E-state index in [-0.39, 0.29) is 5.69 Å². The van der Waals surface area contributed by atoms with Gasteiger partial charge in [0.1, 0.15) is 5.75 Å². The fraction of sp³-hybridized carbons (Fsp3) is 0.200. The molecule has 0 aliphatic heterocycles. The van der Waals surface area contributed by atoms with Crippen molar-refractivity contribution >= 4 is 5.69 Å². The van der Waals surface area contributed by atoms with E-state index in [9.17, 15) is 10.1 Å². The highest BCUT2D eigenvalue weighted by molar-refractivity contribution is 5.46. The Kier molecular flexibility index (Phi) is 4.00. The molecule has 2 aromatic rings. The molecule has 0 bridgehead atoms. The van der Waals surface area contributed by atoms with Crippen molar-refractivity contribution in [3.8, 4) is 5.75 Å². The van der Waals surface area contributed by atoms with Gasteiger partial charge in [0.05, 0.1) is 18.1 Å². The van der Waals surface area contributed by atoms with Crippen LogP contribution in [0.3, 0.4) is 0 Å². The predicted octanol–water partition coefficient (Wildman–Crippen LogP) is 2.96. The maximum absolute atomic E-state index is 10.9. The Morgan fingerprint density at radius 2 is 1.95 bits per heavy atom. The molecule has 0 saturated carbocycles. The van der Waals surface area contributed by atoms with Gasteiger partial charge < -0.3 is 10.5 Å². The third-order valence-electron chi connectivity index (χ3n) is 3.13. The Morgan fingerprint density at radius 3 is 2.60 bits per heavy atom. The van der Waals surface area contributed by atoms with Gasteiger partial charge in [0, 0.05) is 17.7 Å². The SMILES string of the molecule is COc1ccccc1C(N)c1cc(C)cc([N+](=O)[O-])c1. The van der Waals surface area contributed by atoms with E-state index in [2.05, 4.69) is 0 Å². The van der Waals surface area contributed by atoms with Crippen molar-refractivity contribution in [2.24, 2.45) is 5.73 Å². The molecule has 0 spiro atoms. The van der Waals surface area contributed by atoms with Gasteiger partial charge in [0.15, 0.2) is 0 Å². The highest BCUT2D eigenvalue weighted by atomic mass is 16.6. The van der Waals surface area contributed by atoms with E-state index in [4.69, 9.17) is 10.5 Å². The molecular weight excluding hydrogens is 256 g/mol. The molecule has 0 aliphatic carbocycles. The molecular formula is C15H16N2O3. The van der Waals surface area contributed by atoms with E-state index in [1.54, 1.807) is 7.11 Å². The highest BCUT2D eigenvalue weighted by Gasteiger charge is 2.17. The first kappa shape index (κ1) is 14.0. The molecule has 5 heteroatoms. The normalized spacial score (nSPS) is 11.9. The van der Waals surface area contributed by atoms with Gasteiger partial charge in [-0.2, -0.15) is 0 Å². The van der Waals surface area contributed by atoms with Crippen molar-refractivity contribution in [2.45, 2.75) is 13.0 Å². The molecule has 5 nitrogen and oxygen atoms in total. The molecule has 2 N–H and O–H groups in total. The number of methoxy groups -OCH3 is 1. The first-order chi connectivity index (χ1) is 9.52. The zero-order valence-corrected chi connectivity index (χ0v) is 11.4. The Bertz CT molecular complexity index is 641. The lowest BCUT2D eigenvalue weighted by molar-refractivity contribution is -0.385. The quantitative estimate of drug-likeness (QED) is 0.685. The minimum absolute atomic E-state index is 0.0466. The van der Waals surface area contributed by atoms with Crippen LogP contribution >= 0.6 is 0 Å². The van der Waals surface area contributed by atoms with Crippen molar-refractivity contribution in [1.29, 1.82) is 0 Å². The Labute approximate surface area is 117 Å². The summed E-state index contributed by atoms with van der Waals surface area (Å²) in [5.74, 6) is 0.671. The fourth-order valence-electron chi connectivity index (χ4n) is 2.18. The highest BCUT2D eigenvalue weighted by Crippen LogP contribution is 2.30. The van der Waals surface area contributed by atoms with E-state index in [1.807, 2.05) is 37.3 Å². The van der Waals surface area contributed by atoms with Crippen LogP contribution in [0.4, 0.5) is 5.69 Å². The lowest BCUT2D eigenvalue weighted by atomic mass is 9.97. The number of rotatable bonds is 4. The lowest BCUT2D eigenvalue weighted by Gasteiger charge is -2.16. The molecule has 104 valence electrons. The van der Waals surface area contributed by atoms with Crippen LogP contribution in [0.1, 0.15) is 22.7 Å². The number of nitro groups is 1. The second kappa shape index (κ2) is 5.71. The van der Waals surface area contributed by atoms with Crippen molar-refractivity contribution < 1.29 is 9.66 Å². The largest absolute Gasteiger partial charge is 0.496 e. The zero-order valence-electron chi connectivity index (χ0n) is 11.4. The summed E-state index contributed by atoms with van der Waals surface area (Å²) in [5.41, 5.74) is 8.58. The van der Waals surface area contributed by atoms with Gasteiger partial charge in [-0.3, -0.25) is 10.1 Å². The first-order valence-electron chi connectivity index (χ1n) is 6.17. The third kappa shape index (κ3) is 2.78.